The summed E-state index contributed by atoms with van der Waals surface area (Å²) in [7, 11) is 0. The van der Waals surface area contributed by atoms with Crippen molar-refractivity contribution in [2.75, 3.05) is 38.2 Å². The number of nitrogens with one attached hydrogen (secondary N) is 3. The van der Waals surface area contributed by atoms with Gasteiger partial charge in [0, 0.05) is 48.4 Å². The Morgan fingerprint density at radius 3 is 2.59 bits per heavy atom. The average molecular weight is 437 g/mol. The average Bonchev–Trinajstić information content (AvgIpc) is 2.84. The van der Waals surface area contributed by atoms with E-state index in [0.717, 1.165) is 23.1 Å². The molecule has 2 aliphatic heterocycles. The fraction of sp³-hybridized carbons (Fsp3) is 0.375. The lowest BCUT2D eigenvalue weighted by Crippen LogP contribution is -2.40. The van der Waals surface area contributed by atoms with Crippen LogP contribution in [0.15, 0.2) is 42.5 Å². The maximum atomic E-state index is 12.7. The van der Waals surface area contributed by atoms with Gasteiger partial charge in [-0.1, -0.05) is 25.1 Å². The zero-order valence-corrected chi connectivity index (χ0v) is 18.1. The molecule has 8 heteroatoms. The third kappa shape index (κ3) is 4.98. The van der Waals surface area contributed by atoms with Gasteiger partial charge in [0.15, 0.2) is 6.23 Å². The fourth-order valence-electron chi connectivity index (χ4n) is 3.88. The lowest BCUT2D eigenvalue weighted by molar-refractivity contribution is -0.151. The molecule has 2 aromatic rings. The van der Waals surface area contributed by atoms with Gasteiger partial charge in [-0.05, 0) is 36.2 Å². The molecule has 1 fully saturated rings. The summed E-state index contributed by atoms with van der Waals surface area (Å²) in [5.74, 6) is -0.0166. The molecule has 2 aromatic carbocycles. The number of rotatable bonds is 5. The van der Waals surface area contributed by atoms with Crippen molar-refractivity contribution < 1.29 is 19.1 Å². The van der Waals surface area contributed by atoms with Crippen LogP contribution in [0.5, 0.6) is 0 Å². The Labute approximate surface area is 187 Å². The molecule has 0 spiro atoms. The van der Waals surface area contributed by atoms with Crippen molar-refractivity contribution in [3.05, 3.63) is 64.7 Å². The zero-order valence-electron chi connectivity index (χ0n) is 18.1. The highest BCUT2D eigenvalue weighted by Gasteiger charge is 2.23. The molecule has 1 saturated heterocycles. The predicted molar refractivity (Wildman–Crippen MR) is 121 cm³/mol. The van der Waals surface area contributed by atoms with Gasteiger partial charge in [0.25, 0.3) is 5.91 Å². The summed E-state index contributed by atoms with van der Waals surface area (Å²) in [5, 5.41) is 14.5. The van der Waals surface area contributed by atoms with E-state index in [9.17, 15) is 9.59 Å². The van der Waals surface area contributed by atoms with Crippen molar-refractivity contribution >= 4 is 23.4 Å². The summed E-state index contributed by atoms with van der Waals surface area (Å²) in [6, 6.07) is 12.7. The summed E-state index contributed by atoms with van der Waals surface area (Å²) in [4.78, 5) is 26.4. The van der Waals surface area contributed by atoms with Crippen molar-refractivity contribution in [1.29, 1.82) is 5.41 Å². The van der Waals surface area contributed by atoms with Gasteiger partial charge in [0.05, 0.1) is 13.2 Å². The first kappa shape index (κ1) is 22.0. The highest BCUT2D eigenvalue weighted by Crippen LogP contribution is 2.27. The molecule has 0 aromatic heterocycles. The first-order valence-corrected chi connectivity index (χ1v) is 10.9. The number of amides is 1. The number of anilines is 1. The third-order valence-electron chi connectivity index (χ3n) is 5.69. The first-order chi connectivity index (χ1) is 15.5. The van der Waals surface area contributed by atoms with E-state index < -0.39 is 6.23 Å². The lowest BCUT2D eigenvalue weighted by Gasteiger charge is -2.29. The number of nitrogens with zero attached hydrogens (tertiary/aromatic N) is 1. The maximum Gasteiger partial charge on any atom is 0.307 e. The maximum absolute atomic E-state index is 12.7. The fourth-order valence-corrected chi connectivity index (χ4v) is 3.88. The molecule has 3 N–H and O–H groups in total. The molecular weight excluding hydrogens is 408 g/mol. The minimum absolute atomic E-state index is 0.211. The number of fused-ring (bicyclic) bond motifs is 1. The van der Waals surface area contributed by atoms with Crippen molar-refractivity contribution in [1.82, 2.24) is 10.2 Å². The minimum atomic E-state index is -0.453. The van der Waals surface area contributed by atoms with E-state index in [1.165, 1.54) is 0 Å². The van der Waals surface area contributed by atoms with Crippen molar-refractivity contribution in [2.45, 2.75) is 26.0 Å². The van der Waals surface area contributed by atoms with Crippen LogP contribution in [0.4, 0.5) is 5.69 Å². The van der Waals surface area contributed by atoms with E-state index in [2.05, 4.69) is 10.6 Å². The molecule has 8 nitrogen and oxygen atoms in total. The molecule has 168 valence electrons. The standard InChI is InChI=1S/C24H28N4O4/c1-2-21(29)32-24-20-8-7-19(15-18(20)9-10-26-24)27-23(30)17-5-3-16(4-6-17)22(25)28-11-13-31-14-12-28/h3-8,15,24-26H,2,9-14H2,1H3,(H,27,30). The van der Waals surface area contributed by atoms with E-state index in [-0.39, 0.29) is 11.9 Å². The number of ether oxygens (including phenoxy) is 2. The number of carbonyl (C=O) groups is 2. The van der Waals surface area contributed by atoms with Crippen LogP contribution < -0.4 is 10.6 Å². The number of hydrogen-bond donors (Lipinski definition) is 3. The van der Waals surface area contributed by atoms with Crippen LogP contribution in [-0.2, 0) is 20.7 Å². The second-order valence-corrected chi connectivity index (χ2v) is 7.82. The van der Waals surface area contributed by atoms with E-state index in [1.807, 2.05) is 23.1 Å². The second kappa shape index (κ2) is 9.93. The zero-order chi connectivity index (χ0) is 22.5. The molecule has 2 aliphatic rings. The van der Waals surface area contributed by atoms with Crippen LogP contribution >= 0.6 is 0 Å². The summed E-state index contributed by atoms with van der Waals surface area (Å²) < 4.78 is 10.8. The van der Waals surface area contributed by atoms with Crippen LogP contribution in [-0.4, -0.2) is 55.5 Å². The van der Waals surface area contributed by atoms with E-state index >= 15 is 0 Å². The molecular formula is C24H28N4O4. The Morgan fingerprint density at radius 2 is 1.88 bits per heavy atom. The number of esters is 1. The van der Waals surface area contributed by atoms with Crippen LogP contribution in [0.1, 0.15) is 46.6 Å². The van der Waals surface area contributed by atoms with Gasteiger partial charge in [-0.2, -0.15) is 0 Å². The third-order valence-corrected chi connectivity index (χ3v) is 5.69. The molecule has 0 aliphatic carbocycles. The lowest BCUT2D eigenvalue weighted by atomic mass is 9.98. The number of hydrogen-bond acceptors (Lipinski definition) is 6. The molecule has 4 rings (SSSR count). The van der Waals surface area contributed by atoms with Gasteiger partial charge in [0.1, 0.15) is 5.84 Å². The van der Waals surface area contributed by atoms with E-state index in [0.29, 0.717) is 56.4 Å². The Bertz CT molecular complexity index is 1000. The number of benzene rings is 2. The Kier molecular flexibility index (Phi) is 6.82. The van der Waals surface area contributed by atoms with Crippen molar-refractivity contribution in [2.24, 2.45) is 0 Å². The minimum Gasteiger partial charge on any atom is -0.442 e. The highest BCUT2D eigenvalue weighted by atomic mass is 16.6. The molecule has 1 amide bonds. The van der Waals surface area contributed by atoms with Crippen LogP contribution in [0.3, 0.4) is 0 Å². The summed E-state index contributed by atoms with van der Waals surface area (Å²) in [6.07, 6.45) is 0.662. The van der Waals surface area contributed by atoms with Gasteiger partial charge in [-0.15, -0.1) is 0 Å². The summed E-state index contributed by atoms with van der Waals surface area (Å²) in [5.41, 5.74) is 3.96. The number of amidine groups is 1. The quantitative estimate of drug-likeness (QED) is 0.378. The van der Waals surface area contributed by atoms with Gasteiger partial charge in [0.2, 0.25) is 0 Å². The molecule has 0 saturated carbocycles. The van der Waals surface area contributed by atoms with Gasteiger partial charge >= 0.3 is 5.97 Å². The normalized spacial score (nSPS) is 17.9. The number of carbonyl (C=O) groups excluding carboxylic acids is 2. The summed E-state index contributed by atoms with van der Waals surface area (Å²) in [6.45, 7) is 5.12. The molecule has 1 atom stereocenters. The Morgan fingerprint density at radius 1 is 1.16 bits per heavy atom. The van der Waals surface area contributed by atoms with Crippen molar-refractivity contribution in [3.8, 4) is 0 Å². The van der Waals surface area contributed by atoms with Gasteiger partial charge in [-0.25, -0.2) is 0 Å². The molecule has 0 bridgehead atoms. The molecule has 0 radical (unpaired) electrons. The monoisotopic (exact) mass is 436 g/mol. The van der Waals surface area contributed by atoms with E-state index in [1.54, 1.807) is 31.2 Å². The largest absolute Gasteiger partial charge is 0.442 e. The Balaban J connectivity index is 1.41. The Hall–Kier alpha value is -3.23. The van der Waals surface area contributed by atoms with Gasteiger partial charge in [-0.3, -0.25) is 20.3 Å². The number of morpholine rings is 1. The highest BCUT2D eigenvalue weighted by molar-refractivity contribution is 6.05. The molecule has 1 unspecified atom stereocenters. The first-order valence-electron chi connectivity index (χ1n) is 10.9. The molecule has 32 heavy (non-hydrogen) atoms. The topological polar surface area (TPSA) is 104 Å². The SMILES string of the molecule is CCC(=O)OC1NCCc2cc(NC(=O)c3ccc(C(=N)N4CCOCC4)cc3)ccc21. The molecule has 2 heterocycles. The van der Waals surface area contributed by atoms with Crippen molar-refractivity contribution in [3.63, 3.8) is 0 Å². The van der Waals surface area contributed by atoms with E-state index in [4.69, 9.17) is 14.9 Å². The predicted octanol–water partition coefficient (Wildman–Crippen LogP) is 2.69. The summed E-state index contributed by atoms with van der Waals surface area (Å²) >= 11 is 0. The van der Waals surface area contributed by atoms with Crippen LogP contribution in [0, 0.1) is 5.41 Å². The van der Waals surface area contributed by atoms with Gasteiger partial charge < -0.3 is 19.7 Å². The van der Waals surface area contributed by atoms with Crippen LogP contribution in [0.25, 0.3) is 0 Å². The second-order valence-electron chi connectivity index (χ2n) is 7.82. The van der Waals surface area contributed by atoms with Crippen LogP contribution in [0.2, 0.25) is 0 Å². The smallest absolute Gasteiger partial charge is 0.307 e.